The maximum atomic E-state index is 10.1. The number of aliphatic carboxylic acids is 1. The van der Waals surface area contributed by atoms with Crippen LogP contribution < -0.4 is 5.32 Å². The highest BCUT2D eigenvalue weighted by atomic mass is 35.5. The summed E-state index contributed by atoms with van der Waals surface area (Å²) in [5.74, 6) is -0.751. The fourth-order valence-electron chi connectivity index (χ4n) is 0.992. The number of halogens is 1. The summed E-state index contributed by atoms with van der Waals surface area (Å²) < 4.78 is 0. The number of carboxylic acid groups (broad SMARTS) is 1. The molecule has 0 amide bonds. The van der Waals surface area contributed by atoms with Gasteiger partial charge in [-0.2, -0.15) is 0 Å². The van der Waals surface area contributed by atoms with E-state index in [0.717, 1.165) is 19.5 Å². The van der Waals surface area contributed by atoms with Gasteiger partial charge < -0.3 is 10.4 Å². The predicted molar refractivity (Wildman–Crippen MR) is 45.1 cm³/mol. The summed E-state index contributed by atoms with van der Waals surface area (Å²) in [5.41, 5.74) is 1.22. The van der Waals surface area contributed by atoms with Crippen LogP contribution in [0.1, 0.15) is 12.8 Å². The number of carbonyl (C=O) groups is 1. The molecule has 0 radical (unpaired) electrons. The van der Waals surface area contributed by atoms with Gasteiger partial charge in [-0.1, -0.05) is 11.6 Å². The molecule has 1 aliphatic rings. The molecule has 0 bridgehead atoms. The molecular weight excluding hydrogens is 166 g/mol. The second-order valence-electron chi connectivity index (χ2n) is 2.39. The highest BCUT2D eigenvalue weighted by molar-refractivity contribution is 5.85. The van der Waals surface area contributed by atoms with Crippen molar-refractivity contribution in [1.29, 1.82) is 0 Å². The lowest BCUT2D eigenvalue weighted by Crippen LogP contribution is -2.04. The average Bonchev–Trinajstić information content (AvgIpc) is 2.34. The summed E-state index contributed by atoms with van der Waals surface area (Å²) >= 11 is 0. The Kier molecular flexibility index (Phi) is 4.90. The summed E-state index contributed by atoms with van der Waals surface area (Å²) in [6, 6.07) is 0. The van der Waals surface area contributed by atoms with Crippen LogP contribution >= 0.6 is 12.4 Å². The molecule has 0 atom stereocenters. The third-order valence-corrected chi connectivity index (χ3v) is 1.54. The molecule has 1 aliphatic heterocycles. The SMILES string of the molecule is Cl.O=C(O)C/C=C1/CCNC1. The summed E-state index contributed by atoms with van der Waals surface area (Å²) in [6.45, 7) is 1.86. The van der Waals surface area contributed by atoms with Gasteiger partial charge >= 0.3 is 5.97 Å². The molecule has 3 nitrogen and oxygen atoms in total. The lowest BCUT2D eigenvalue weighted by molar-refractivity contribution is -0.136. The van der Waals surface area contributed by atoms with Gasteiger partial charge in [-0.05, 0) is 13.0 Å². The van der Waals surface area contributed by atoms with E-state index in [1.54, 1.807) is 6.08 Å². The Balaban J connectivity index is 0.000001000. The Bertz CT molecular complexity index is 160. The van der Waals surface area contributed by atoms with Crippen molar-refractivity contribution in [3.63, 3.8) is 0 Å². The molecule has 0 aromatic heterocycles. The van der Waals surface area contributed by atoms with E-state index in [4.69, 9.17) is 5.11 Å². The number of nitrogens with one attached hydrogen (secondary N) is 1. The van der Waals surface area contributed by atoms with E-state index in [1.165, 1.54) is 5.57 Å². The van der Waals surface area contributed by atoms with Crippen LogP contribution in [0.5, 0.6) is 0 Å². The smallest absolute Gasteiger partial charge is 0.307 e. The fraction of sp³-hybridized carbons (Fsp3) is 0.571. The first-order chi connectivity index (χ1) is 4.79. The van der Waals surface area contributed by atoms with Gasteiger partial charge in [0.25, 0.3) is 0 Å². The number of rotatable bonds is 2. The van der Waals surface area contributed by atoms with Crippen molar-refractivity contribution in [1.82, 2.24) is 5.32 Å². The molecule has 1 rings (SSSR count). The third kappa shape index (κ3) is 4.01. The van der Waals surface area contributed by atoms with Crippen LogP contribution in [0.3, 0.4) is 0 Å². The quantitative estimate of drug-likeness (QED) is 0.614. The molecular formula is C7H12ClNO2. The Labute approximate surface area is 71.9 Å². The van der Waals surface area contributed by atoms with Crippen molar-refractivity contribution in [3.8, 4) is 0 Å². The van der Waals surface area contributed by atoms with Gasteiger partial charge in [0.1, 0.15) is 0 Å². The Hall–Kier alpha value is -0.540. The van der Waals surface area contributed by atoms with Crippen LogP contribution in [0.2, 0.25) is 0 Å². The van der Waals surface area contributed by atoms with E-state index in [2.05, 4.69) is 5.32 Å². The Morgan fingerprint density at radius 1 is 1.73 bits per heavy atom. The molecule has 0 unspecified atom stereocenters. The largest absolute Gasteiger partial charge is 0.481 e. The van der Waals surface area contributed by atoms with Crippen LogP contribution in [0.4, 0.5) is 0 Å². The number of carboxylic acids is 1. The second kappa shape index (κ2) is 5.16. The maximum Gasteiger partial charge on any atom is 0.307 e. The molecule has 1 saturated heterocycles. The first-order valence-corrected chi connectivity index (χ1v) is 3.39. The van der Waals surface area contributed by atoms with E-state index in [1.807, 2.05) is 0 Å². The molecule has 1 fully saturated rings. The third-order valence-electron chi connectivity index (χ3n) is 1.54. The van der Waals surface area contributed by atoms with E-state index < -0.39 is 5.97 Å². The lowest BCUT2D eigenvalue weighted by Gasteiger charge is -1.90. The highest BCUT2D eigenvalue weighted by Crippen LogP contribution is 2.05. The zero-order valence-electron chi connectivity index (χ0n) is 6.17. The van der Waals surface area contributed by atoms with Gasteiger partial charge in [-0.15, -0.1) is 12.4 Å². The first kappa shape index (κ1) is 10.5. The Morgan fingerprint density at radius 3 is 2.91 bits per heavy atom. The van der Waals surface area contributed by atoms with Gasteiger partial charge in [0, 0.05) is 6.54 Å². The predicted octanol–water partition coefficient (Wildman–Crippen LogP) is 0.803. The molecule has 4 heteroatoms. The highest BCUT2D eigenvalue weighted by Gasteiger charge is 2.04. The molecule has 0 aliphatic carbocycles. The molecule has 11 heavy (non-hydrogen) atoms. The summed E-state index contributed by atoms with van der Waals surface area (Å²) in [7, 11) is 0. The van der Waals surface area contributed by atoms with Crippen molar-refractivity contribution in [3.05, 3.63) is 11.6 Å². The summed E-state index contributed by atoms with van der Waals surface area (Å²) in [4.78, 5) is 10.1. The average molecular weight is 178 g/mol. The summed E-state index contributed by atoms with van der Waals surface area (Å²) in [5, 5.41) is 11.4. The van der Waals surface area contributed by atoms with E-state index in [0.29, 0.717) is 0 Å². The van der Waals surface area contributed by atoms with Crippen LogP contribution in [0.25, 0.3) is 0 Å². The van der Waals surface area contributed by atoms with Crippen molar-refractivity contribution < 1.29 is 9.90 Å². The van der Waals surface area contributed by atoms with Gasteiger partial charge in [0.15, 0.2) is 0 Å². The molecule has 0 aromatic carbocycles. The van der Waals surface area contributed by atoms with Crippen LogP contribution in [0, 0.1) is 0 Å². The van der Waals surface area contributed by atoms with Crippen molar-refractivity contribution in [2.24, 2.45) is 0 Å². The molecule has 2 N–H and O–H groups in total. The van der Waals surface area contributed by atoms with Crippen molar-refractivity contribution >= 4 is 18.4 Å². The fourth-order valence-corrected chi connectivity index (χ4v) is 0.992. The van der Waals surface area contributed by atoms with Crippen LogP contribution in [0.15, 0.2) is 11.6 Å². The van der Waals surface area contributed by atoms with Gasteiger partial charge in [-0.25, -0.2) is 0 Å². The zero-order valence-corrected chi connectivity index (χ0v) is 6.99. The van der Waals surface area contributed by atoms with Crippen LogP contribution in [-0.4, -0.2) is 24.2 Å². The summed E-state index contributed by atoms with van der Waals surface area (Å²) in [6.07, 6.45) is 2.96. The van der Waals surface area contributed by atoms with E-state index in [-0.39, 0.29) is 18.8 Å². The van der Waals surface area contributed by atoms with E-state index in [9.17, 15) is 4.79 Å². The normalized spacial score (nSPS) is 19.8. The minimum atomic E-state index is -0.751. The number of hydrogen-bond acceptors (Lipinski definition) is 2. The number of hydrogen-bond donors (Lipinski definition) is 2. The topological polar surface area (TPSA) is 49.3 Å². The molecule has 64 valence electrons. The molecule has 0 aromatic rings. The second-order valence-corrected chi connectivity index (χ2v) is 2.39. The van der Waals surface area contributed by atoms with Crippen LogP contribution in [-0.2, 0) is 4.79 Å². The zero-order chi connectivity index (χ0) is 7.40. The maximum absolute atomic E-state index is 10.1. The van der Waals surface area contributed by atoms with Gasteiger partial charge in [0.05, 0.1) is 6.42 Å². The Morgan fingerprint density at radius 2 is 2.45 bits per heavy atom. The minimum Gasteiger partial charge on any atom is -0.481 e. The standard InChI is InChI=1S/C7H11NO2.ClH/c9-7(10)2-1-6-3-4-8-5-6;/h1,8H,2-5H2,(H,9,10);1H/b6-1-;. The minimum absolute atomic E-state index is 0. The van der Waals surface area contributed by atoms with Gasteiger partial charge in [-0.3, -0.25) is 4.79 Å². The molecule has 0 saturated carbocycles. The molecule has 0 spiro atoms. The first-order valence-electron chi connectivity index (χ1n) is 3.39. The van der Waals surface area contributed by atoms with Crippen molar-refractivity contribution in [2.45, 2.75) is 12.8 Å². The molecule has 1 heterocycles. The monoisotopic (exact) mass is 177 g/mol. The van der Waals surface area contributed by atoms with Gasteiger partial charge in [0.2, 0.25) is 0 Å². The van der Waals surface area contributed by atoms with E-state index >= 15 is 0 Å². The van der Waals surface area contributed by atoms with Crippen molar-refractivity contribution in [2.75, 3.05) is 13.1 Å². The lowest BCUT2D eigenvalue weighted by atomic mass is 10.2.